The summed E-state index contributed by atoms with van der Waals surface area (Å²) in [5.74, 6) is 0. The molecule has 0 aliphatic carbocycles. The second-order valence-corrected chi connectivity index (χ2v) is 4.33. The van der Waals surface area contributed by atoms with Crippen molar-refractivity contribution in [3.05, 3.63) is 29.8 Å². The molecule has 0 heterocycles. The molecule has 0 aliphatic heterocycles. The van der Waals surface area contributed by atoms with Crippen LogP contribution in [0.5, 0.6) is 0 Å². The molecule has 1 nitrogen and oxygen atoms in total. The fraction of sp³-hybridized carbons (Fsp3) is 0.455. The Labute approximate surface area is 110 Å². The van der Waals surface area contributed by atoms with Crippen molar-refractivity contribution in [1.82, 2.24) is 0 Å². The third-order valence-corrected chi connectivity index (χ3v) is 2.62. The second-order valence-electron chi connectivity index (χ2n) is 3.54. The van der Waals surface area contributed by atoms with Crippen LogP contribution in [-0.2, 0) is 6.18 Å². The normalized spacial score (nSPS) is 11.9. The Morgan fingerprint density at radius 3 is 2.28 bits per heavy atom. The molecule has 0 aromatic heterocycles. The lowest BCUT2D eigenvalue weighted by Crippen LogP contribution is -2.32. The highest BCUT2D eigenvalue weighted by Gasteiger charge is 2.34. The van der Waals surface area contributed by atoms with Crippen molar-refractivity contribution in [2.24, 2.45) is 0 Å². The lowest BCUT2D eigenvalue weighted by molar-refractivity contribution is -0.137. The maximum atomic E-state index is 12.8. The summed E-state index contributed by atoms with van der Waals surface area (Å²) in [5.41, 5.74) is -1.11. The van der Waals surface area contributed by atoms with Gasteiger partial charge in [0.2, 0.25) is 0 Å². The van der Waals surface area contributed by atoms with E-state index in [2.05, 4.69) is 15.9 Å². The summed E-state index contributed by atoms with van der Waals surface area (Å²) >= 11 is 3.04. The standard InChI is InChI=1S/C11H11BrF5N/c12-5-6-18(7-10(13)14)9-4-2-1-3-8(9)11(15,16)17/h1-4,10H,5-7H2. The van der Waals surface area contributed by atoms with Crippen LogP contribution in [0.25, 0.3) is 0 Å². The van der Waals surface area contributed by atoms with E-state index in [9.17, 15) is 22.0 Å². The average molecular weight is 332 g/mol. The van der Waals surface area contributed by atoms with E-state index in [1.54, 1.807) is 0 Å². The Balaban J connectivity index is 3.11. The van der Waals surface area contributed by atoms with Crippen molar-refractivity contribution in [3.8, 4) is 0 Å². The van der Waals surface area contributed by atoms with Crippen molar-refractivity contribution in [2.75, 3.05) is 23.3 Å². The monoisotopic (exact) mass is 331 g/mol. The molecule has 0 saturated heterocycles. The first kappa shape index (κ1) is 15.2. The smallest absolute Gasteiger partial charge is 0.364 e. The highest BCUT2D eigenvalue weighted by molar-refractivity contribution is 9.09. The van der Waals surface area contributed by atoms with Gasteiger partial charge in [-0.15, -0.1) is 0 Å². The molecule has 0 saturated carbocycles. The van der Waals surface area contributed by atoms with Gasteiger partial charge in [-0.1, -0.05) is 28.1 Å². The van der Waals surface area contributed by atoms with E-state index < -0.39 is 24.7 Å². The summed E-state index contributed by atoms with van der Waals surface area (Å²) in [4.78, 5) is 1.03. The van der Waals surface area contributed by atoms with E-state index in [0.29, 0.717) is 5.33 Å². The molecule has 0 bridgehead atoms. The maximum Gasteiger partial charge on any atom is 0.418 e. The van der Waals surface area contributed by atoms with Crippen molar-refractivity contribution in [3.63, 3.8) is 0 Å². The van der Waals surface area contributed by atoms with Crippen molar-refractivity contribution in [2.45, 2.75) is 12.6 Å². The van der Waals surface area contributed by atoms with Crippen molar-refractivity contribution >= 4 is 21.6 Å². The number of hydrogen-bond acceptors (Lipinski definition) is 1. The SMILES string of the molecule is FC(F)CN(CCBr)c1ccccc1C(F)(F)F. The molecule has 0 unspecified atom stereocenters. The van der Waals surface area contributed by atoms with Gasteiger partial charge >= 0.3 is 6.18 Å². The number of alkyl halides is 6. The molecule has 1 rings (SSSR count). The predicted octanol–water partition coefficient (Wildman–Crippen LogP) is 4.17. The van der Waals surface area contributed by atoms with Crippen LogP contribution in [-0.4, -0.2) is 24.8 Å². The summed E-state index contributed by atoms with van der Waals surface area (Å²) in [6.45, 7) is -0.643. The third-order valence-electron chi connectivity index (χ3n) is 2.26. The molecular formula is C11H11BrF5N. The zero-order chi connectivity index (χ0) is 13.8. The summed E-state index contributed by atoms with van der Waals surface area (Å²) < 4.78 is 63.0. The molecule has 0 radical (unpaired) electrons. The molecule has 0 spiro atoms. The third kappa shape index (κ3) is 4.12. The number of hydrogen-bond donors (Lipinski definition) is 0. The Morgan fingerprint density at radius 1 is 1.17 bits per heavy atom. The van der Waals surface area contributed by atoms with Crippen LogP contribution in [0.2, 0.25) is 0 Å². The van der Waals surface area contributed by atoms with Gasteiger partial charge in [-0.2, -0.15) is 13.2 Å². The largest absolute Gasteiger partial charge is 0.418 e. The van der Waals surface area contributed by atoms with Crippen molar-refractivity contribution in [1.29, 1.82) is 0 Å². The van der Waals surface area contributed by atoms with Gasteiger partial charge in [0.25, 0.3) is 6.43 Å². The van der Waals surface area contributed by atoms with Crippen LogP contribution in [0.15, 0.2) is 24.3 Å². The molecule has 1 aromatic rings. The predicted molar refractivity (Wildman–Crippen MR) is 63.5 cm³/mol. The van der Waals surface area contributed by atoms with Gasteiger partial charge in [0.15, 0.2) is 0 Å². The molecule has 1 aromatic carbocycles. The van der Waals surface area contributed by atoms with E-state index in [4.69, 9.17) is 0 Å². The first-order valence-electron chi connectivity index (χ1n) is 5.11. The first-order chi connectivity index (χ1) is 8.36. The molecule has 0 aliphatic rings. The summed E-state index contributed by atoms with van der Waals surface area (Å²) in [6.07, 6.45) is -7.24. The summed E-state index contributed by atoms with van der Waals surface area (Å²) in [7, 11) is 0. The Morgan fingerprint density at radius 2 is 1.78 bits per heavy atom. The molecule has 0 amide bonds. The van der Waals surface area contributed by atoms with E-state index in [1.165, 1.54) is 18.2 Å². The number of para-hydroxylation sites is 1. The molecule has 7 heteroatoms. The van der Waals surface area contributed by atoms with Gasteiger partial charge in [-0.25, -0.2) is 8.78 Å². The number of anilines is 1. The average Bonchev–Trinajstić information content (AvgIpc) is 2.27. The second kappa shape index (κ2) is 6.36. The minimum atomic E-state index is -4.55. The number of benzene rings is 1. The first-order valence-corrected chi connectivity index (χ1v) is 6.23. The van der Waals surface area contributed by atoms with Gasteiger partial charge in [0.05, 0.1) is 12.1 Å². The van der Waals surface area contributed by atoms with Gasteiger partial charge in [-0.3, -0.25) is 0 Å². The van der Waals surface area contributed by atoms with Gasteiger partial charge in [0.1, 0.15) is 0 Å². The van der Waals surface area contributed by atoms with Crippen LogP contribution in [0, 0.1) is 0 Å². The lowest BCUT2D eigenvalue weighted by Gasteiger charge is -2.26. The van der Waals surface area contributed by atoms with Crippen LogP contribution in [0.1, 0.15) is 5.56 Å². The Hall–Kier alpha value is -0.850. The molecule has 18 heavy (non-hydrogen) atoms. The zero-order valence-corrected chi connectivity index (χ0v) is 10.8. The van der Waals surface area contributed by atoms with Crippen LogP contribution in [0.3, 0.4) is 0 Å². The highest BCUT2D eigenvalue weighted by atomic mass is 79.9. The van der Waals surface area contributed by atoms with E-state index in [-0.39, 0.29) is 12.2 Å². The summed E-state index contributed by atoms with van der Waals surface area (Å²) in [5, 5.41) is 0.311. The molecule has 0 fully saturated rings. The number of halogens is 6. The summed E-state index contributed by atoms with van der Waals surface area (Å²) in [6, 6.07) is 4.73. The van der Waals surface area contributed by atoms with E-state index in [1.807, 2.05) is 0 Å². The minimum absolute atomic E-state index is 0.0808. The lowest BCUT2D eigenvalue weighted by atomic mass is 10.1. The molecular weight excluding hydrogens is 321 g/mol. The van der Waals surface area contributed by atoms with Gasteiger partial charge < -0.3 is 4.90 Å². The molecule has 0 N–H and O–H groups in total. The topological polar surface area (TPSA) is 3.24 Å². The fourth-order valence-corrected chi connectivity index (χ4v) is 2.00. The van der Waals surface area contributed by atoms with Crippen molar-refractivity contribution < 1.29 is 22.0 Å². The number of nitrogens with zero attached hydrogens (tertiary/aromatic N) is 1. The van der Waals surface area contributed by atoms with E-state index in [0.717, 1.165) is 11.0 Å². The van der Waals surface area contributed by atoms with Gasteiger partial charge in [-0.05, 0) is 12.1 Å². The molecule has 102 valence electrons. The Kier molecular flexibility index (Phi) is 5.37. The van der Waals surface area contributed by atoms with Crippen LogP contribution < -0.4 is 4.90 Å². The van der Waals surface area contributed by atoms with Crippen LogP contribution in [0.4, 0.5) is 27.6 Å². The van der Waals surface area contributed by atoms with Gasteiger partial charge in [0, 0.05) is 17.6 Å². The van der Waals surface area contributed by atoms with Crippen LogP contribution >= 0.6 is 15.9 Å². The Bertz CT molecular complexity index is 380. The minimum Gasteiger partial charge on any atom is -0.364 e. The molecule has 0 atom stereocenters. The zero-order valence-electron chi connectivity index (χ0n) is 9.22. The quantitative estimate of drug-likeness (QED) is 0.578. The maximum absolute atomic E-state index is 12.8. The number of rotatable bonds is 5. The van der Waals surface area contributed by atoms with E-state index >= 15 is 0 Å². The highest BCUT2D eigenvalue weighted by Crippen LogP contribution is 2.36. The fourth-order valence-electron chi connectivity index (χ4n) is 1.57.